The van der Waals surface area contributed by atoms with Gasteiger partial charge in [0.25, 0.3) is 0 Å². The van der Waals surface area contributed by atoms with Gasteiger partial charge in [0.15, 0.2) is 0 Å². The second-order valence-corrected chi connectivity index (χ2v) is 5.95. The van der Waals surface area contributed by atoms with Gasteiger partial charge in [-0.3, -0.25) is 0 Å². The molecule has 1 heterocycles. The molecule has 0 unspecified atom stereocenters. The zero-order valence-electron chi connectivity index (χ0n) is 16.9. The first-order valence-electron chi connectivity index (χ1n) is 9.70. The van der Waals surface area contributed by atoms with E-state index in [0.29, 0.717) is 11.5 Å². The Balaban J connectivity index is 0.00000277. The summed E-state index contributed by atoms with van der Waals surface area (Å²) in [5, 5.41) is 0. The van der Waals surface area contributed by atoms with Crippen LogP contribution in [0.4, 0.5) is 17.2 Å². The second-order valence-electron chi connectivity index (χ2n) is 5.95. The minimum atomic E-state index is 0.421. The van der Waals surface area contributed by atoms with Crippen molar-refractivity contribution >= 4 is 23.3 Å². The Hall–Kier alpha value is -1.75. The van der Waals surface area contributed by atoms with Crippen LogP contribution in [-0.4, -0.2) is 24.6 Å². The molecular weight excluding hydrogens is 310 g/mol. The van der Waals surface area contributed by atoms with Crippen molar-refractivity contribution in [3.8, 4) is 0 Å². The molecule has 0 saturated heterocycles. The lowest BCUT2D eigenvalue weighted by Crippen LogP contribution is -2.28. The number of pyridine rings is 1. The van der Waals surface area contributed by atoms with Crippen LogP contribution < -0.4 is 22.1 Å². The van der Waals surface area contributed by atoms with E-state index >= 15 is 0 Å². The molecule has 0 aliphatic rings. The van der Waals surface area contributed by atoms with Crippen LogP contribution in [-0.2, 0) is 0 Å². The predicted octanol–water partition coefficient (Wildman–Crippen LogP) is 4.35. The van der Waals surface area contributed by atoms with Gasteiger partial charge in [-0.15, -0.1) is 0 Å². The smallest absolute Gasteiger partial charge is 0.149 e. The van der Waals surface area contributed by atoms with Crippen molar-refractivity contribution in [3.05, 3.63) is 17.3 Å². The summed E-state index contributed by atoms with van der Waals surface area (Å²) >= 11 is 0. The highest BCUT2D eigenvalue weighted by atomic mass is 15.1. The zero-order valence-corrected chi connectivity index (χ0v) is 16.9. The third kappa shape index (κ3) is 7.34. The van der Waals surface area contributed by atoms with Crippen molar-refractivity contribution in [2.45, 2.75) is 66.7 Å². The number of allylic oxidation sites excluding steroid dienone is 1. The largest absolute Gasteiger partial charge is 0.394 e. The summed E-state index contributed by atoms with van der Waals surface area (Å²) in [6.07, 6.45) is 9.73. The summed E-state index contributed by atoms with van der Waals surface area (Å²) in [6.45, 7) is 12.9. The molecule has 5 heteroatoms. The number of aryl methyl sites for hydroxylation is 1. The molecule has 0 atom stereocenters. The first kappa shape index (κ1) is 23.2. The molecule has 0 aromatic carbocycles. The van der Waals surface area contributed by atoms with E-state index in [0.717, 1.165) is 55.8 Å². The fourth-order valence-corrected chi connectivity index (χ4v) is 2.78. The molecule has 0 saturated carbocycles. The van der Waals surface area contributed by atoms with Crippen LogP contribution in [0.2, 0.25) is 0 Å². The van der Waals surface area contributed by atoms with E-state index in [1.165, 1.54) is 12.8 Å². The molecule has 0 aliphatic carbocycles. The molecule has 0 aliphatic heterocycles. The van der Waals surface area contributed by atoms with Gasteiger partial charge in [0, 0.05) is 24.3 Å². The van der Waals surface area contributed by atoms with Crippen molar-refractivity contribution in [3.63, 3.8) is 0 Å². The summed E-state index contributed by atoms with van der Waals surface area (Å²) < 4.78 is 0. The van der Waals surface area contributed by atoms with Gasteiger partial charge < -0.3 is 22.1 Å². The molecule has 1 aromatic rings. The van der Waals surface area contributed by atoms with Crippen LogP contribution in [0.3, 0.4) is 0 Å². The Morgan fingerprint density at radius 2 is 1.64 bits per heavy atom. The lowest BCUT2D eigenvalue weighted by Gasteiger charge is -2.29. The molecule has 0 bridgehead atoms. The molecule has 6 N–H and O–H groups in total. The number of aromatic nitrogens is 1. The highest BCUT2D eigenvalue weighted by molar-refractivity contribution is 5.86. The number of nitrogens with zero attached hydrogens (tertiary/aromatic N) is 2. The Bertz CT molecular complexity index is 501. The van der Waals surface area contributed by atoms with Crippen molar-refractivity contribution < 1.29 is 0 Å². The number of hydrogen-bond acceptors (Lipinski definition) is 5. The highest BCUT2D eigenvalue weighted by Gasteiger charge is 2.18. The number of unbranched alkanes of at least 4 members (excludes halogenated alkanes) is 3. The number of nitrogens with two attached hydrogens (primary N) is 3. The first-order chi connectivity index (χ1) is 12.1. The Kier molecular flexibility index (Phi) is 12.6. The van der Waals surface area contributed by atoms with Gasteiger partial charge in [-0.2, -0.15) is 0 Å². The maximum atomic E-state index is 6.30. The molecule has 0 spiro atoms. The number of nitrogen functional groups attached to an aromatic ring is 2. The van der Waals surface area contributed by atoms with E-state index in [4.69, 9.17) is 17.2 Å². The summed E-state index contributed by atoms with van der Waals surface area (Å²) in [6, 6.07) is 0. The van der Waals surface area contributed by atoms with E-state index in [9.17, 15) is 0 Å². The highest BCUT2D eigenvalue weighted by Crippen LogP contribution is 2.35. The van der Waals surface area contributed by atoms with Gasteiger partial charge in [-0.1, -0.05) is 45.8 Å². The standard InChI is InChI=1S/C18H33N5.C2H6/c1-4-6-8-12-23(13-9-7-11-19)17-15(10-5-2)14(3)22-18(21)16(17)20;1-2/h5,10H,4,6-9,11-13,19-20H2,1-3H3,(H2,21,22);1-2H3/b10-5-;. The quantitative estimate of drug-likeness (QED) is 0.546. The SMILES string of the molecule is C/C=C\c1c(C)nc(N)c(N)c1N(CCCCC)CCCCN.CC. The van der Waals surface area contributed by atoms with Gasteiger partial charge in [-0.25, -0.2) is 4.98 Å². The molecule has 1 rings (SSSR count). The van der Waals surface area contributed by atoms with Crippen molar-refractivity contribution in [1.29, 1.82) is 0 Å². The number of hydrogen-bond donors (Lipinski definition) is 3. The fourth-order valence-electron chi connectivity index (χ4n) is 2.78. The summed E-state index contributed by atoms with van der Waals surface area (Å²) in [7, 11) is 0. The zero-order chi connectivity index (χ0) is 19.2. The van der Waals surface area contributed by atoms with Crippen LogP contribution in [0.25, 0.3) is 6.08 Å². The molecular formula is C20H39N5. The monoisotopic (exact) mass is 349 g/mol. The maximum Gasteiger partial charge on any atom is 0.149 e. The number of rotatable bonds is 10. The number of anilines is 3. The molecule has 1 aromatic heterocycles. The van der Waals surface area contributed by atoms with Crippen LogP contribution in [0, 0.1) is 6.92 Å². The van der Waals surface area contributed by atoms with Crippen molar-refractivity contribution in [2.24, 2.45) is 5.73 Å². The Morgan fingerprint density at radius 1 is 1.04 bits per heavy atom. The summed E-state index contributed by atoms with van der Waals surface area (Å²) in [5.74, 6) is 0.421. The van der Waals surface area contributed by atoms with Crippen LogP contribution in [0.5, 0.6) is 0 Å². The van der Waals surface area contributed by atoms with E-state index in [-0.39, 0.29) is 0 Å². The van der Waals surface area contributed by atoms with Crippen molar-refractivity contribution in [1.82, 2.24) is 4.98 Å². The van der Waals surface area contributed by atoms with Gasteiger partial charge in [0.05, 0.1) is 11.4 Å². The summed E-state index contributed by atoms with van der Waals surface area (Å²) in [5.41, 5.74) is 21.6. The van der Waals surface area contributed by atoms with E-state index in [1.807, 2.05) is 33.8 Å². The fraction of sp³-hybridized carbons (Fsp3) is 0.650. The second kappa shape index (κ2) is 13.5. The Morgan fingerprint density at radius 3 is 2.16 bits per heavy atom. The lowest BCUT2D eigenvalue weighted by atomic mass is 10.1. The third-order valence-electron chi connectivity index (χ3n) is 4.03. The first-order valence-corrected chi connectivity index (χ1v) is 9.70. The van der Waals surface area contributed by atoms with Crippen LogP contribution >= 0.6 is 0 Å². The molecule has 25 heavy (non-hydrogen) atoms. The third-order valence-corrected chi connectivity index (χ3v) is 4.03. The minimum absolute atomic E-state index is 0.421. The molecule has 0 fully saturated rings. The van der Waals surface area contributed by atoms with E-state index in [2.05, 4.69) is 22.9 Å². The average molecular weight is 350 g/mol. The predicted molar refractivity (Wildman–Crippen MR) is 114 cm³/mol. The van der Waals surface area contributed by atoms with Crippen LogP contribution in [0.1, 0.15) is 71.1 Å². The van der Waals surface area contributed by atoms with Gasteiger partial charge in [0.1, 0.15) is 5.82 Å². The van der Waals surface area contributed by atoms with Crippen molar-refractivity contribution in [2.75, 3.05) is 36.0 Å². The van der Waals surface area contributed by atoms with Gasteiger partial charge >= 0.3 is 0 Å². The maximum absolute atomic E-state index is 6.30. The minimum Gasteiger partial charge on any atom is -0.394 e. The summed E-state index contributed by atoms with van der Waals surface area (Å²) in [4.78, 5) is 6.74. The van der Waals surface area contributed by atoms with E-state index < -0.39 is 0 Å². The van der Waals surface area contributed by atoms with Gasteiger partial charge in [0.2, 0.25) is 0 Å². The van der Waals surface area contributed by atoms with Gasteiger partial charge in [-0.05, 0) is 39.7 Å². The topological polar surface area (TPSA) is 94.2 Å². The molecule has 144 valence electrons. The van der Waals surface area contributed by atoms with Crippen LogP contribution in [0.15, 0.2) is 6.08 Å². The Labute approximate surface area is 154 Å². The average Bonchev–Trinajstić information content (AvgIpc) is 2.61. The lowest BCUT2D eigenvalue weighted by molar-refractivity contribution is 0.644. The molecule has 0 radical (unpaired) electrons. The normalized spacial score (nSPS) is 10.6. The molecule has 0 amide bonds. The molecule has 5 nitrogen and oxygen atoms in total. The van der Waals surface area contributed by atoms with E-state index in [1.54, 1.807) is 0 Å².